The summed E-state index contributed by atoms with van der Waals surface area (Å²) in [5.74, 6) is -1.91. The van der Waals surface area contributed by atoms with E-state index in [2.05, 4.69) is 26.4 Å². The molecule has 0 radical (unpaired) electrons. The number of ether oxygens (including phenoxy) is 1. The molecule has 0 fully saturated rings. The topological polar surface area (TPSA) is 144 Å². The van der Waals surface area contributed by atoms with Crippen molar-refractivity contribution in [3.63, 3.8) is 0 Å². The zero-order valence-corrected chi connectivity index (χ0v) is 21.7. The van der Waals surface area contributed by atoms with E-state index in [0.717, 1.165) is 0 Å². The standard InChI is InChI=1S/C27H26FN7O5/c1-34(2)27(39)17-5-3-4-15(8-17)11-30-26(38)21-10-20(33-24-18(28)13-31-35(21)24)25(37)29-12-16-6-7-22-19(9-16)32-23(36)14-40-22/h3-10,31H,11-14H2,1-2H3,(H,29,37)(H,30,38)(H,32,36). The van der Waals surface area contributed by atoms with Crippen LogP contribution in [0.15, 0.2) is 70.9 Å². The zero-order valence-electron chi connectivity index (χ0n) is 21.7. The first-order chi connectivity index (χ1) is 19.2. The maximum absolute atomic E-state index is 14.5. The molecule has 5 rings (SSSR count). The van der Waals surface area contributed by atoms with E-state index in [1.165, 1.54) is 16.0 Å². The quantitative estimate of drug-likeness (QED) is 0.404. The van der Waals surface area contributed by atoms with E-state index in [-0.39, 0.29) is 55.3 Å². The second-order valence-electron chi connectivity index (χ2n) is 9.36. The third-order valence-electron chi connectivity index (χ3n) is 6.22. The SMILES string of the molecule is CN(C)C(=O)c1cccc(CNC(=O)C2=CC(C(=O)NCc3ccc4c(c3)NC(=O)CO4)=NC3=C(F)CNN23)c1. The van der Waals surface area contributed by atoms with E-state index in [9.17, 15) is 23.6 Å². The second kappa shape index (κ2) is 11.0. The number of carbonyl (C=O) groups excluding carboxylic acids is 4. The maximum atomic E-state index is 14.5. The Morgan fingerprint density at radius 3 is 2.60 bits per heavy atom. The second-order valence-corrected chi connectivity index (χ2v) is 9.36. The molecule has 0 saturated carbocycles. The number of benzene rings is 2. The lowest BCUT2D eigenvalue weighted by Crippen LogP contribution is -2.42. The molecule has 4 amide bonds. The molecule has 3 heterocycles. The van der Waals surface area contributed by atoms with Gasteiger partial charge in [-0.15, -0.1) is 0 Å². The number of aliphatic imine (C=N–C) groups is 1. The highest BCUT2D eigenvalue weighted by molar-refractivity contribution is 6.44. The van der Waals surface area contributed by atoms with Gasteiger partial charge in [-0.2, -0.15) is 0 Å². The summed E-state index contributed by atoms with van der Waals surface area (Å²) in [4.78, 5) is 55.5. The van der Waals surface area contributed by atoms with Crippen molar-refractivity contribution in [2.24, 2.45) is 4.99 Å². The van der Waals surface area contributed by atoms with Crippen molar-refractivity contribution < 1.29 is 28.3 Å². The Balaban J connectivity index is 1.28. The van der Waals surface area contributed by atoms with E-state index in [1.54, 1.807) is 56.6 Å². The van der Waals surface area contributed by atoms with Crippen molar-refractivity contribution in [1.82, 2.24) is 26.0 Å². The van der Waals surface area contributed by atoms with Crippen LogP contribution in [0.4, 0.5) is 10.1 Å². The van der Waals surface area contributed by atoms with Crippen molar-refractivity contribution in [2.45, 2.75) is 13.1 Å². The van der Waals surface area contributed by atoms with Gasteiger partial charge in [-0.1, -0.05) is 18.2 Å². The Kier molecular flexibility index (Phi) is 7.29. The molecule has 0 aromatic heterocycles. The number of nitrogens with zero attached hydrogens (tertiary/aromatic N) is 3. The third-order valence-corrected chi connectivity index (χ3v) is 6.22. The molecular weight excluding hydrogens is 521 g/mol. The number of nitrogens with one attached hydrogen (secondary N) is 4. The molecule has 13 heteroatoms. The van der Waals surface area contributed by atoms with Gasteiger partial charge in [0.25, 0.3) is 23.6 Å². The van der Waals surface area contributed by atoms with Crippen LogP contribution in [0.1, 0.15) is 21.5 Å². The average molecular weight is 548 g/mol. The number of halogens is 1. The van der Waals surface area contributed by atoms with Crippen molar-refractivity contribution >= 4 is 35.0 Å². The summed E-state index contributed by atoms with van der Waals surface area (Å²) in [5, 5.41) is 9.35. The highest BCUT2D eigenvalue weighted by atomic mass is 19.1. The van der Waals surface area contributed by atoms with Gasteiger partial charge in [-0.3, -0.25) is 24.2 Å². The number of rotatable bonds is 7. The Morgan fingerprint density at radius 1 is 1.07 bits per heavy atom. The van der Waals surface area contributed by atoms with Gasteiger partial charge in [-0.05, 0) is 35.4 Å². The molecule has 4 N–H and O–H groups in total. The first-order valence-electron chi connectivity index (χ1n) is 12.3. The number of carbonyl (C=O) groups is 4. The molecule has 2 aromatic carbocycles. The van der Waals surface area contributed by atoms with Crippen LogP contribution >= 0.6 is 0 Å². The number of amides is 4. The molecule has 0 unspecified atom stereocenters. The average Bonchev–Trinajstić information content (AvgIpc) is 3.33. The van der Waals surface area contributed by atoms with Gasteiger partial charge >= 0.3 is 0 Å². The van der Waals surface area contributed by atoms with E-state index >= 15 is 0 Å². The number of anilines is 1. The summed E-state index contributed by atoms with van der Waals surface area (Å²) in [6.07, 6.45) is 1.27. The van der Waals surface area contributed by atoms with Crippen LogP contribution in [0.2, 0.25) is 0 Å². The van der Waals surface area contributed by atoms with Crippen LogP contribution in [0.3, 0.4) is 0 Å². The van der Waals surface area contributed by atoms with Gasteiger partial charge in [0, 0.05) is 38.8 Å². The van der Waals surface area contributed by atoms with Crippen LogP contribution in [-0.2, 0) is 27.5 Å². The van der Waals surface area contributed by atoms with Gasteiger partial charge in [0.05, 0.1) is 12.2 Å². The van der Waals surface area contributed by atoms with E-state index < -0.39 is 17.6 Å². The number of hydrogen-bond donors (Lipinski definition) is 4. The maximum Gasteiger partial charge on any atom is 0.270 e. The molecule has 0 bridgehead atoms. The first kappa shape index (κ1) is 26.6. The van der Waals surface area contributed by atoms with Crippen LogP contribution in [-0.4, -0.2) is 66.5 Å². The highest BCUT2D eigenvalue weighted by Crippen LogP contribution is 2.29. The lowest BCUT2D eigenvalue weighted by molar-refractivity contribution is -0.119. The minimum atomic E-state index is -0.621. The zero-order chi connectivity index (χ0) is 28.4. The summed E-state index contributed by atoms with van der Waals surface area (Å²) < 4.78 is 19.8. The number of hydrazine groups is 1. The van der Waals surface area contributed by atoms with Crippen molar-refractivity contribution in [1.29, 1.82) is 0 Å². The summed E-state index contributed by atoms with van der Waals surface area (Å²) in [6.45, 7) is -0.0683. The number of fused-ring (bicyclic) bond motifs is 2. The molecule has 2 aromatic rings. The fourth-order valence-electron chi connectivity index (χ4n) is 4.22. The number of hydrogen-bond acceptors (Lipinski definition) is 8. The van der Waals surface area contributed by atoms with Gasteiger partial charge in [-0.25, -0.2) is 14.8 Å². The lowest BCUT2D eigenvalue weighted by Gasteiger charge is -2.25. The fraction of sp³-hybridized carbons (Fsp3) is 0.222. The molecule has 40 heavy (non-hydrogen) atoms. The third kappa shape index (κ3) is 5.54. The summed E-state index contributed by atoms with van der Waals surface area (Å²) >= 11 is 0. The molecule has 0 aliphatic carbocycles. The molecule has 3 aliphatic heterocycles. The Bertz CT molecular complexity index is 1510. The molecule has 0 atom stereocenters. The normalized spacial score (nSPS) is 15.7. The summed E-state index contributed by atoms with van der Waals surface area (Å²) in [5.41, 5.74) is 4.91. The molecule has 0 spiro atoms. The predicted molar refractivity (Wildman–Crippen MR) is 142 cm³/mol. The molecule has 12 nitrogen and oxygen atoms in total. The Labute approximate surface area is 228 Å². The summed E-state index contributed by atoms with van der Waals surface area (Å²) in [6, 6.07) is 11.9. The van der Waals surface area contributed by atoms with E-state index in [0.29, 0.717) is 28.1 Å². The molecule has 3 aliphatic rings. The van der Waals surface area contributed by atoms with Gasteiger partial charge < -0.3 is 25.6 Å². The van der Waals surface area contributed by atoms with Gasteiger partial charge in [0.15, 0.2) is 18.3 Å². The van der Waals surface area contributed by atoms with Crippen molar-refractivity contribution in [3.8, 4) is 5.75 Å². The fourth-order valence-corrected chi connectivity index (χ4v) is 4.22. The van der Waals surface area contributed by atoms with Crippen LogP contribution in [0.25, 0.3) is 0 Å². The molecule has 0 saturated heterocycles. The van der Waals surface area contributed by atoms with Gasteiger partial charge in [0.2, 0.25) is 0 Å². The highest BCUT2D eigenvalue weighted by Gasteiger charge is 2.34. The Morgan fingerprint density at radius 2 is 1.82 bits per heavy atom. The first-order valence-corrected chi connectivity index (χ1v) is 12.3. The molecule has 206 valence electrons. The van der Waals surface area contributed by atoms with Crippen LogP contribution < -0.4 is 26.1 Å². The van der Waals surface area contributed by atoms with Gasteiger partial charge in [0.1, 0.15) is 17.2 Å². The smallest absolute Gasteiger partial charge is 0.270 e. The van der Waals surface area contributed by atoms with Crippen molar-refractivity contribution in [2.75, 3.05) is 32.6 Å². The predicted octanol–water partition coefficient (Wildman–Crippen LogP) is 0.949. The minimum Gasteiger partial charge on any atom is -0.482 e. The minimum absolute atomic E-state index is 0.0167. The molecular formula is C27H26FN7O5. The Hall–Kier alpha value is -5.04. The largest absolute Gasteiger partial charge is 0.482 e. The summed E-state index contributed by atoms with van der Waals surface area (Å²) in [7, 11) is 3.30. The lowest BCUT2D eigenvalue weighted by atomic mass is 10.1. The van der Waals surface area contributed by atoms with Crippen molar-refractivity contribution in [3.05, 3.63) is 82.6 Å². The van der Waals surface area contributed by atoms with Crippen LogP contribution in [0, 0.1) is 0 Å². The van der Waals surface area contributed by atoms with E-state index in [1.807, 2.05) is 0 Å². The monoisotopic (exact) mass is 547 g/mol. The van der Waals surface area contributed by atoms with Crippen LogP contribution in [0.5, 0.6) is 5.75 Å². The van der Waals surface area contributed by atoms with E-state index in [4.69, 9.17) is 4.74 Å².